The maximum absolute atomic E-state index is 12.2. The maximum Gasteiger partial charge on any atom is 0.415 e. The van der Waals surface area contributed by atoms with Crippen LogP contribution in [0.25, 0.3) is 0 Å². The van der Waals surface area contributed by atoms with Crippen LogP contribution in [-0.2, 0) is 11.2 Å². The van der Waals surface area contributed by atoms with Gasteiger partial charge in [-0.2, -0.15) is 4.98 Å². The van der Waals surface area contributed by atoms with Crippen molar-refractivity contribution >= 4 is 41.5 Å². The van der Waals surface area contributed by atoms with Gasteiger partial charge in [0.25, 0.3) is 0 Å². The molecule has 1 amide bonds. The summed E-state index contributed by atoms with van der Waals surface area (Å²) in [5.41, 5.74) is 1.53. The van der Waals surface area contributed by atoms with Crippen molar-refractivity contribution in [3.05, 3.63) is 36.0 Å². The molecule has 3 rings (SSSR count). The van der Waals surface area contributed by atoms with E-state index in [9.17, 15) is 14.7 Å². The number of nitrogens with zero attached hydrogens (tertiary/aromatic N) is 5. The summed E-state index contributed by atoms with van der Waals surface area (Å²) >= 11 is 1.53. The summed E-state index contributed by atoms with van der Waals surface area (Å²) in [6, 6.07) is 6.05. The third-order valence-electron chi connectivity index (χ3n) is 6.12. The smallest absolute Gasteiger partial charge is 0.415 e. The van der Waals surface area contributed by atoms with E-state index in [4.69, 9.17) is 9.72 Å². The summed E-state index contributed by atoms with van der Waals surface area (Å²) in [5, 5.41) is 13.1. The van der Waals surface area contributed by atoms with Crippen LogP contribution in [0.15, 0.2) is 30.5 Å². The number of nitrogens with one attached hydrogen (secondary N) is 1. The molecule has 1 aromatic carbocycles. The van der Waals surface area contributed by atoms with Gasteiger partial charge in [-0.3, -0.25) is 0 Å². The highest BCUT2D eigenvalue weighted by Crippen LogP contribution is 2.30. The number of benzene rings is 1. The molecular weight excluding hydrogens is 480 g/mol. The Bertz CT molecular complexity index is 1010. The van der Waals surface area contributed by atoms with Crippen LogP contribution in [0.2, 0.25) is 0 Å². The van der Waals surface area contributed by atoms with E-state index in [1.54, 1.807) is 35.4 Å². The van der Waals surface area contributed by atoms with Gasteiger partial charge in [-0.1, -0.05) is 24.1 Å². The number of carboxylic acid groups (broad SMARTS) is 1. The van der Waals surface area contributed by atoms with Crippen molar-refractivity contribution in [3.8, 4) is 5.75 Å². The Labute approximate surface area is 217 Å². The van der Waals surface area contributed by atoms with Crippen LogP contribution in [0.5, 0.6) is 5.75 Å². The second-order valence-electron chi connectivity index (χ2n) is 8.40. The number of rotatable bonds is 12. The van der Waals surface area contributed by atoms with E-state index < -0.39 is 12.0 Å². The van der Waals surface area contributed by atoms with Gasteiger partial charge < -0.3 is 29.3 Å². The summed E-state index contributed by atoms with van der Waals surface area (Å²) in [4.78, 5) is 37.4. The molecule has 0 unspecified atom stereocenters. The molecule has 196 valence electrons. The largest absolute Gasteiger partial charge is 0.480 e. The molecule has 1 aliphatic heterocycles. The first-order chi connectivity index (χ1) is 17.4. The normalized spacial score (nSPS) is 13.8. The van der Waals surface area contributed by atoms with Crippen LogP contribution < -0.4 is 19.3 Å². The Balaban J connectivity index is 1.78. The van der Waals surface area contributed by atoms with E-state index in [-0.39, 0.29) is 12.5 Å². The highest BCUT2D eigenvalue weighted by atomic mass is 32.2. The summed E-state index contributed by atoms with van der Waals surface area (Å²) in [6.45, 7) is 9.70. The van der Waals surface area contributed by atoms with Gasteiger partial charge in [0.05, 0.1) is 6.20 Å². The van der Waals surface area contributed by atoms with Crippen LogP contribution in [0.1, 0.15) is 39.2 Å². The predicted molar refractivity (Wildman–Crippen MR) is 144 cm³/mol. The van der Waals surface area contributed by atoms with Gasteiger partial charge in [-0.15, -0.1) is 0 Å². The summed E-state index contributed by atoms with van der Waals surface area (Å²) < 4.78 is 7.46. The molecule has 1 saturated heterocycles. The molecule has 36 heavy (non-hydrogen) atoms. The van der Waals surface area contributed by atoms with Crippen molar-refractivity contribution < 1.29 is 19.4 Å². The second-order valence-corrected chi connectivity index (χ2v) is 9.20. The van der Waals surface area contributed by atoms with Gasteiger partial charge in [0.1, 0.15) is 17.5 Å². The van der Waals surface area contributed by atoms with E-state index in [0.29, 0.717) is 24.1 Å². The molecule has 0 radical (unpaired) electrons. The number of hydrogen-bond acceptors (Lipinski definition) is 9. The number of likely N-dealkylation sites (tertiary alicyclic amines) is 1. The highest BCUT2D eigenvalue weighted by molar-refractivity contribution is 7.99. The summed E-state index contributed by atoms with van der Waals surface area (Å²) in [7, 11) is 0. The lowest BCUT2D eigenvalue weighted by Crippen LogP contribution is -2.33. The fourth-order valence-electron chi connectivity index (χ4n) is 4.07. The number of carbonyl (C=O) groups is 2. The SMILES string of the molecule is CCN(CC)c1ncc(N(CC)SC)c(N[C@@H](Cc2ccc(OC(=O)N3CCCC3)cc2)C(=O)O)n1. The number of ether oxygens (including phenoxy) is 1. The van der Waals surface area contributed by atoms with Crippen molar-refractivity contribution in [3.63, 3.8) is 0 Å². The molecule has 0 bridgehead atoms. The Hall–Kier alpha value is -3.21. The number of anilines is 3. The molecule has 2 aromatic rings. The van der Waals surface area contributed by atoms with Gasteiger partial charge in [0, 0.05) is 45.4 Å². The van der Waals surface area contributed by atoms with Crippen molar-refractivity contribution in [2.45, 2.75) is 46.1 Å². The number of carbonyl (C=O) groups excluding carboxylic acids is 1. The Morgan fingerprint density at radius 2 is 1.81 bits per heavy atom. The fraction of sp³-hybridized carbons (Fsp3) is 0.520. The van der Waals surface area contributed by atoms with E-state index in [0.717, 1.165) is 50.3 Å². The zero-order valence-corrected chi connectivity index (χ0v) is 22.3. The van der Waals surface area contributed by atoms with E-state index in [1.807, 2.05) is 36.2 Å². The first-order valence-electron chi connectivity index (χ1n) is 12.4. The average Bonchev–Trinajstić information content (AvgIpc) is 3.42. The third kappa shape index (κ3) is 6.93. The van der Waals surface area contributed by atoms with Gasteiger partial charge in [0.15, 0.2) is 5.82 Å². The van der Waals surface area contributed by atoms with Gasteiger partial charge in [0.2, 0.25) is 5.95 Å². The molecule has 2 heterocycles. The minimum Gasteiger partial charge on any atom is -0.480 e. The molecule has 0 saturated carbocycles. The molecule has 2 N–H and O–H groups in total. The van der Waals surface area contributed by atoms with Gasteiger partial charge in [-0.05, 0) is 51.3 Å². The maximum atomic E-state index is 12.2. The van der Waals surface area contributed by atoms with Crippen LogP contribution in [0.4, 0.5) is 22.2 Å². The number of hydrogen-bond donors (Lipinski definition) is 2. The minimum absolute atomic E-state index is 0.227. The van der Waals surface area contributed by atoms with Crippen LogP contribution >= 0.6 is 11.9 Å². The van der Waals surface area contributed by atoms with E-state index in [2.05, 4.69) is 10.3 Å². The topological polar surface area (TPSA) is 111 Å². The monoisotopic (exact) mass is 516 g/mol. The Morgan fingerprint density at radius 1 is 1.14 bits per heavy atom. The number of carboxylic acids is 1. The van der Waals surface area contributed by atoms with E-state index >= 15 is 0 Å². The number of aromatic nitrogens is 2. The first-order valence-corrected chi connectivity index (χ1v) is 13.6. The summed E-state index contributed by atoms with van der Waals surface area (Å²) in [6.07, 6.45) is 5.57. The molecule has 1 atom stereocenters. The lowest BCUT2D eigenvalue weighted by molar-refractivity contribution is -0.137. The van der Waals surface area contributed by atoms with Crippen LogP contribution in [-0.4, -0.2) is 77.1 Å². The zero-order chi connectivity index (χ0) is 26.1. The average molecular weight is 517 g/mol. The van der Waals surface area contributed by atoms with Crippen molar-refractivity contribution in [2.75, 3.05) is 53.5 Å². The van der Waals surface area contributed by atoms with E-state index in [1.165, 1.54) is 11.9 Å². The molecule has 0 spiro atoms. The predicted octanol–water partition coefficient (Wildman–Crippen LogP) is 4.13. The Morgan fingerprint density at radius 3 is 2.36 bits per heavy atom. The molecule has 11 heteroatoms. The quantitative estimate of drug-likeness (QED) is 0.400. The Kier molecular flexibility index (Phi) is 10.0. The fourth-order valence-corrected chi connectivity index (χ4v) is 4.66. The molecule has 10 nitrogen and oxygen atoms in total. The van der Waals surface area contributed by atoms with Gasteiger partial charge in [-0.25, -0.2) is 14.6 Å². The van der Waals surface area contributed by atoms with Crippen LogP contribution in [0.3, 0.4) is 0 Å². The van der Waals surface area contributed by atoms with Gasteiger partial charge >= 0.3 is 12.1 Å². The van der Waals surface area contributed by atoms with Crippen molar-refractivity contribution in [1.29, 1.82) is 0 Å². The summed E-state index contributed by atoms with van der Waals surface area (Å²) in [5.74, 6) is 0.486. The first kappa shape index (κ1) is 27.4. The lowest BCUT2D eigenvalue weighted by atomic mass is 10.1. The minimum atomic E-state index is -0.985. The molecule has 1 aliphatic rings. The van der Waals surface area contributed by atoms with Crippen molar-refractivity contribution in [2.24, 2.45) is 0 Å². The van der Waals surface area contributed by atoms with Crippen molar-refractivity contribution in [1.82, 2.24) is 14.9 Å². The zero-order valence-electron chi connectivity index (χ0n) is 21.4. The standard InChI is InChI=1S/C25H36N6O4S/c1-5-29(6-2)24-26-17-21(31(7-3)36-4)22(28-24)27-20(23(32)33)16-18-10-12-19(13-11-18)35-25(34)30-14-8-9-15-30/h10-13,17,20H,5-9,14-16H2,1-4H3,(H,32,33)(H,26,27,28)/t20-/m0/s1. The molecule has 1 aromatic heterocycles. The second kappa shape index (κ2) is 13.2. The third-order valence-corrected chi connectivity index (χ3v) is 7.02. The molecular formula is C25H36N6O4S. The number of amides is 1. The number of aliphatic carboxylic acids is 1. The van der Waals surface area contributed by atoms with Crippen LogP contribution in [0, 0.1) is 0 Å². The highest BCUT2D eigenvalue weighted by Gasteiger charge is 2.24. The molecule has 1 fully saturated rings. The lowest BCUT2D eigenvalue weighted by Gasteiger charge is -2.26. The molecule has 0 aliphatic carbocycles.